The van der Waals surface area contributed by atoms with E-state index in [1.54, 1.807) is 30.5 Å². The van der Waals surface area contributed by atoms with E-state index >= 15 is 0 Å². The van der Waals surface area contributed by atoms with Gasteiger partial charge in [0.1, 0.15) is 23.2 Å². The molecule has 14 heteroatoms. The van der Waals surface area contributed by atoms with Gasteiger partial charge in [0.15, 0.2) is 11.6 Å². The van der Waals surface area contributed by atoms with Crippen molar-refractivity contribution in [3.05, 3.63) is 123 Å². The largest absolute Gasteiger partial charge is 0.451 e. The second kappa shape index (κ2) is 14.0. The van der Waals surface area contributed by atoms with E-state index in [1.165, 1.54) is 29.2 Å². The minimum absolute atomic E-state index is 0.105. The number of aryl methyl sites for hydroxylation is 1. The van der Waals surface area contributed by atoms with Crippen molar-refractivity contribution in [1.82, 2.24) is 4.98 Å². The Morgan fingerprint density at radius 1 is 0.889 bits per heavy atom. The van der Waals surface area contributed by atoms with Gasteiger partial charge < -0.3 is 29.6 Å². The molecule has 10 nitrogen and oxygen atoms in total. The van der Waals surface area contributed by atoms with Crippen LogP contribution >= 0.6 is 11.6 Å². The van der Waals surface area contributed by atoms with E-state index < -0.39 is 35.0 Å². The maximum absolute atomic E-state index is 14.7. The molecule has 3 amide bonds. The number of nitrogens with one attached hydrogen (secondary N) is 2. The van der Waals surface area contributed by atoms with Gasteiger partial charge in [-0.3, -0.25) is 14.4 Å². The molecule has 0 atom stereocenters. The van der Waals surface area contributed by atoms with Crippen molar-refractivity contribution in [2.24, 2.45) is 5.41 Å². The highest BCUT2D eigenvalue weighted by molar-refractivity contribution is 6.34. The van der Waals surface area contributed by atoms with Gasteiger partial charge in [0.25, 0.3) is 17.7 Å². The third-order valence-corrected chi connectivity index (χ3v) is 10.5. The lowest BCUT2D eigenvalue weighted by molar-refractivity contribution is -0.000511. The molecule has 5 heterocycles. The number of rotatable bonds is 6. The number of hydrogen-bond donors (Lipinski definition) is 2. The minimum Gasteiger partial charge on any atom is -0.451 e. The van der Waals surface area contributed by atoms with Crippen LogP contribution in [0.25, 0.3) is 11.3 Å². The number of carbonyl (C=O) groups is 3. The summed E-state index contributed by atoms with van der Waals surface area (Å²) in [6, 6.07) is 15.0. The summed E-state index contributed by atoms with van der Waals surface area (Å²) < 4.78 is 54.0. The van der Waals surface area contributed by atoms with Gasteiger partial charge in [-0.25, -0.2) is 18.2 Å². The first kappa shape index (κ1) is 35.4. The zero-order valence-corrected chi connectivity index (χ0v) is 29.7. The second-order valence-electron chi connectivity index (χ2n) is 13.9. The normalized spacial score (nSPS) is 15.9. The van der Waals surface area contributed by atoms with Crippen LogP contribution in [0.15, 0.2) is 77.3 Å². The Labute approximate surface area is 312 Å². The molecule has 2 fully saturated rings. The molecule has 2 N–H and O–H groups in total. The van der Waals surface area contributed by atoms with Crippen LogP contribution in [0, 0.1) is 29.8 Å². The summed E-state index contributed by atoms with van der Waals surface area (Å²) in [6.07, 6.45) is 3.96. The van der Waals surface area contributed by atoms with E-state index in [1.807, 2.05) is 13.0 Å². The Morgan fingerprint density at radius 2 is 1.65 bits per heavy atom. The number of amides is 3. The van der Waals surface area contributed by atoms with E-state index in [9.17, 15) is 27.6 Å². The van der Waals surface area contributed by atoms with Crippen molar-refractivity contribution in [2.45, 2.75) is 26.2 Å². The molecule has 54 heavy (non-hydrogen) atoms. The van der Waals surface area contributed by atoms with Crippen LogP contribution in [0.4, 0.5) is 36.1 Å². The van der Waals surface area contributed by atoms with E-state index in [2.05, 4.69) is 20.5 Å². The summed E-state index contributed by atoms with van der Waals surface area (Å²) >= 11 is 5.95. The Kier molecular flexibility index (Phi) is 9.14. The lowest BCUT2D eigenvalue weighted by atomic mass is 9.73. The van der Waals surface area contributed by atoms with E-state index in [-0.39, 0.29) is 46.5 Å². The van der Waals surface area contributed by atoms with Crippen molar-refractivity contribution < 1.29 is 36.7 Å². The molecule has 0 radical (unpaired) electrons. The molecule has 0 unspecified atom stereocenters. The fraction of sp³-hybridized carbons (Fsp3) is 0.250. The lowest BCUT2D eigenvalue weighted by Crippen LogP contribution is -2.59. The van der Waals surface area contributed by atoms with Crippen LogP contribution in [-0.2, 0) is 11.2 Å². The third kappa shape index (κ3) is 6.69. The summed E-state index contributed by atoms with van der Waals surface area (Å²) in [4.78, 5) is 48.8. The van der Waals surface area contributed by atoms with Gasteiger partial charge in [0.2, 0.25) is 0 Å². The van der Waals surface area contributed by atoms with Crippen LogP contribution in [-0.4, -0.2) is 55.6 Å². The van der Waals surface area contributed by atoms with Crippen molar-refractivity contribution in [2.75, 3.05) is 53.3 Å². The van der Waals surface area contributed by atoms with Crippen LogP contribution < -0.4 is 20.4 Å². The number of nitrogens with zero attached hydrogens (tertiary/aromatic N) is 3. The van der Waals surface area contributed by atoms with Gasteiger partial charge in [-0.15, -0.1) is 0 Å². The molecule has 2 aromatic heterocycles. The van der Waals surface area contributed by atoms with Gasteiger partial charge in [0.05, 0.1) is 22.0 Å². The fourth-order valence-electron chi connectivity index (χ4n) is 7.34. The number of fused-ring (bicyclic) bond motifs is 3. The zero-order chi connectivity index (χ0) is 37.7. The molecule has 3 aliphatic heterocycles. The van der Waals surface area contributed by atoms with Crippen LogP contribution in [0.2, 0.25) is 5.02 Å². The number of pyridine rings is 1. The van der Waals surface area contributed by atoms with Crippen molar-refractivity contribution in [1.29, 1.82) is 0 Å². The smallest absolute Gasteiger partial charge is 0.291 e. The molecular formula is C40H33ClF3N5O5. The monoisotopic (exact) mass is 755 g/mol. The number of ether oxygens (including phenoxy) is 1. The molecule has 1 spiro atoms. The van der Waals surface area contributed by atoms with Gasteiger partial charge >= 0.3 is 0 Å². The maximum atomic E-state index is 14.7. The summed E-state index contributed by atoms with van der Waals surface area (Å²) in [5.41, 5.74) is 3.00. The lowest BCUT2D eigenvalue weighted by Gasteiger charge is -2.53. The predicted octanol–water partition coefficient (Wildman–Crippen LogP) is 8.05. The zero-order valence-electron chi connectivity index (χ0n) is 29.0. The van der Waals surface area contributed by atoms with E-state index in [0.29, 0.717) is 39.8 Å². The van der Waals surface area contributed by atoms with Crippen LogP contribution in [0.5, 0.6) is 0 Å². The Hall–Kier alpha value is -5.66. The molecule has 0 saturated carbocycles. The number of hydrogen-bond acceptors (Lipinski definition) is 7. The third-order valence-electron chi connectivity index (χ3n) is 10.2. The van der Waals surface area contributed by atoms with Gasteiger partial charge in [-0.2, -0.15) is 0 Å². The Balaban J connectivity index is 0.990. The number of carbonyl (C=O) groups excluding carboxylic acids is 3. The average molecular weight is 756 g/mol. The first-order valence-electron chi connectivity index (χ1n) is 17.4. The highest BCUT2D eigenvalue weighted by atomic mass is 35.5. The first-order valence-corrected chi connectivity index (χ1v) is 17.8. The Bertz CT molecular complexity index is 2290. The second-order valence-corrected chi connectivity index (χ2v) is 14.3. The predicted molar refractivity (Wildman–Crippen MR) is 197 cm³/mol. The molecule has 276 valence electrons. The quantitative estimate of drug-likeness (QED) is 0.180. The van der Waals surface area contributed by atoms with Crippen molar-refractivity contribution in [3.63, 3.8) is 0 Å². The van der Waals surface area contributed by atoms with Gasteiger partial charge in [-0.1, -0.05) is 11.6 Å². The summed E-state index contributed by atoms with van der Waals surface area (Å²) in [7, 11) is 0. The van der Waals surface area contributed by atoms with Gasteiger partial charge in [0, 0.05) is 72.9 Å². The topological polar surface area (TPSA) is 117 Å². The summed E-state index contributed by atoms with van der Waals surface area (Å²) in [6.45, 7) is 5.11. The molecule has 0 bridgehead atoms. The van der Waals surface area contributed by atoms with E-state index in [0.717, 1.165) is 50.8 Å². The molecule has 3 aromatic carbocycles. The Morgan fingerprint density at radius 3 is 2.39 bits per heavy atom. The fourth-order valence-corrected chi connectivity index (χ4v) is 7.58. The molecular weight excluding hydrogens is 723 g/mol. The molecule has 0 aliphatic carbocycles. The first-order chi connectivity index (χ1) is 26.0. The molecule has 2 saturated heterocycles. The number of halogens is 4. The average Bonchev–Trinajstić information content (AvgIpc) is 3.50. The summed E-state index contributed by atoms with van der Waals surface area (Å²) in [5.74, 6) is -3.45. The number of anilines is 4. The number of furan rings is 1. The molecule has 8 rings (SSSR count). The van der Waals surface area contributed by atoms with Crippen LogP contribution in [0.3, 0.4) is 0 Å². The highest BCUT2D eigenvalue weighted by Crippen LogP contribution is 2.43. The number of aromatic nitrogens is 1. The number of benzene rings is 3. The van der Waals surface area contributed by atoms with Gasteiger partial charge in [-0.05, 0) is 92.4 Å². The minimum atomic E-state index is -1.06. The standard InChI is InChI=1S/C40H33ClF3N5O5/c1-22-14-29(36(45-19-22)48-20-40(21-48)9-12-53-13-10-40)37(50)46-27-5-2-23(3-6-27)39(52)49-11-8-24-15-33(54-35(24)28-7-4-25(42)18-32(28)49)38(51)47-34-30(41)16-26(43)17-31(34)44/h2-7,14-19H,8-13,20-21H2,1H3,(H,46,50)(H,47,51). The molecule has 3 aliphatic rings. The van der Waals surface area contributed by atoms with Crippen LogP contribution in [0.1, 0.15) is 55.2 Å². The maximum Gasteiger partial charge on any atom is 0.291 e. The van der Waals surface area contributed by atoms with Crippen molar-refractivity contribution >= 4 is 52.2 Å². The highest BCUT2D eigenvalue weighted by Gasteiger charge is 2.45. The molecule has 5 aromatic rings. The van der Waals surface area contributed by atoms with E-state index in [4.69, 9.17) is 20.8 Å². The summed E-state index contributed by atoms with van der Waals surface area (Å²) in [5, 5.41) is 4.92. The SMILES string of the molecule is Cc1cnc(N2CC3(CCOCC3)C2)c(C(=O)Nc2ccc(C(=O)N3CCc4cc(C(=O)Nc5c(F)cc(F)cc5Cl)oc4-c4ccc(F)cc43)cc2)c1. The van der Waals surface area contributed by atoms with Crippen molar-refractivity contribution in [3.8, 4) is 11.3 Å².